The van der Waals surface area contributed by atoms with Crippen molar-refractivity contribution in [3.8, 4) is 0 Å². The van der Waals surface area contributed by atoms with Crippen molar-refractivity contribution in [3.63, 3.8) is 0 Å². The highest BCUT2D eigenvalue weighted by Gasteiger charge is 2.13. The van der Waals surface area contributed by atoms with E-state index in [1.807, 2.05) is 0 Å². The maximum Gasteiger partial charge on any atom is 0.272 e. The Hall–Kier alpha value is -2.02. The number of halogens is 1. The molecule has 0 saturated carbocycles. The van der Waals surface area contributed by atoms with Gasteiger partial charge in [0.2, 0.25) is 5.91 Å². The fraction of sp³-hybridized carbons (Fsp3) is 0.364. The first-order valence-corrected chi connectivity index (χ1v) is 5.38. The van der Waals surface area contributed by atoms with Crippen LogP contribution in [0.5, 0.6) is 0 Å². The highest BCUT2D eigenvalue weighted by atomic mass is 19.1. The third kappa shape index (κ3) is 3.77. The van der Waals surface area contributed by atoms with Crippen molar-refractivity contribution in [1.82, 2.24) is 0 Å². The highest BCUT2D eigenvalue weighted by Crippen LogP contribution is 2.20. The molecule has 0 radical (unpaired) electrons. The molecule has 0 heterocycles. The molecule has 0 spiro atoms. The summed E-state index contributed by atoms with van der Waals surface area (Å²) in [4.78, 5) is 21.2. The first-order chi connectivity index (χ1) is 8.43. The van der Waals surface area contributed by atoms with E-state index in [0.29, 0.717) is 6.54 Å². The van der Waals surface area contributed by atoms with Crippen LogP contribution < -0.4 is 11.1 Å². The van der Waals surface area contributed by atoms with Crippen molar-refractivity contribution in [2.24, 2.45) is 11.7 Å². The summed E-state index contributed by atoms with van der Waals surface area (Å²) in [6.07, 6.45) is 0.174. The Balaban J connectivity index is 2.74. The molecule has 1 amide bonds. The maximum atomic E-state index is 13.4. The molecule has 1 unspecified atom stereocenters. The molecule has 1 atom stereocenters. The number of amides is 1. The van der Waals surface area contributed by atoms with Crippen LogP contribution >= 0.6 is 0 Å². The van der Waals surface area contributed by atoms with E-state index < -0.39 is 10.7 Å². The number of nitro benzene ring substituents is 1. The zero-order valence-electron chi connectivity index (χ0n) is 9.85. The molecular formula is C11H14FN3O3. The number of carbonyl (C=O) groups excluding carboxylic acids is 1. The molecule has 1 aromatic carbocycles. The fourth-order valence-electron chi connectivity index (χ4n) is 1.32. The molecule has 0 aliphatic heterocycles. The fourth-order valence-corrected chi connectivity index (χ4v) is 1.32. The van der Waals surface area contributed by atoms with Crippen LogP contribution in [0.2, 0.25) is 0 Å². The molecule has 1 aromatic rings. The van der Waals surface area contributed by atoms with Crippen LogP contribution in [0.15, 0.2) is 18.2 Å². The summed E-state index contributed by atoms with van der Waals surface area (Å²) in [6, 6.07) is 3.06. The van der Waals surface area contributed by atoms with Crippen molar-refractivity contribution in [1.29, 1.82) is 0 Å². The molecule has 0 bridgehead atoms. The van der Waals surface area contributed by atoms with Gasteiger partial charge >= 0.3 is 0 Å². The zero-order valence-corrected chi connectivity index (χ0v) is 9.85. The lowest BCUT2D eigenvalue weighted by Gasteiger charge is -2.09. The van der Waals surface area contributed by atoms with Gasteiger partial charge in [0.25, 0.3) is 5.69 Å². The third-order valence-electron chi connectivity index (χ3n) is 2.37. The number of rotatable bonds is 5. The van der Waals surface area contributed by atoms with Gasteiger partial charge in [-0.05, 0) is 18.5 Å². The van der Waals surface area contributed by atoms with E-state index in [4.69, 9.17) is 5.73 Å². The Bertz CT molecular complexity index is 465. The van der Waals surface area contributed by atoms with Crippen molar-refractivity contribution in [2.75, 3.05) is 11.9 Å². The second-order valence-corrected chi connectivity index (χ2v) is 4.01. The summed E-state index contributed by atoms with van der Waals surface area (Å²) in [7, 11) is 0. The van der Waals surface area contributed by atoms with E-state index >= 15 is 0 Å². The number of hydrogen-bond donors (Lipinski definition) is 2. The van der Waals surface area contributed by atoms with Crippen LogP contribution in [0, 0.1) is 21.8 Å². The molecule has 0 aliphatic carbocycles. The first-order valence-electron chi connectivity index (χ1n) is 5.38. The number of nitrogens with two attached hydrogens (primary N) is 1. The number of anilines is 1. The summed E-state index contributed by atoms with van der Waals surface area (Å²) in [5.74, 6) is -1.22. The van der Waals surface area contributed by atoms with Gasteiger partial charge in [0, 0.05) is 12.5 Å². The Morgan fingerprint density at radius 1 is 1.61 bits per heavy atom. The number of benzene rings is 1. The molecule has 3 N–H and O–H groups in total. The lowest BCUT2D eigenvalue weighted by Crippen LogP contribution is -2.20. The lowest BCUT2D eigenvalue weighted by molar-refractivity contribution is -0.385. The SMILES string of the molecule is CC(CN)CC(=O)Nc1ccc([N+](=O)[O-])cc1F. The minimum absolute atomic E-state index is 0.00823. The van der Waals surface area contributed by atoms with Crippen molar-refractivity contribution >= 4 is 17.3 Å². The van der Waals surface area contributed by atoms with Gasteiger partial charge in [0.1, 0.15) is 0 Å². The van der Waals surface area contributed by atoms with Crippen LogP contribution in [-0.4, -0.2) is 17.4 Å². The Morgan fingerprint density at radius 2 is 2.28 bits per heavy atom. The van der Waals surface area contributed by atoms with Crippen LogP contribution in [0.25, 0.3) is 0 Å². The van der Waals surface area contributed by atoms with Gasteiger partial charge in [0.15, 0.2) is 5.82 Å². The number of nitrogens with one attached hydrogen (secondary N) is 1. The van der Waals surface area contributed by atoms with Crippen molar-refractivity contribution in [3.05, 3.63) is 34.1 Å². The Kier molecular flexibility index (Phi) is 4.73. The number of carbonyl (C=O) groups is 1. The van der Waals surface area contributed by atoms with Crippen molar-refractivity contribution < 1.29 is 14.1 Å². The van der Waals surface area contributed by atoms with Gasteiger partial charge in [-0.1, -0.05) is 6.92 Å². The van der Waals surface area contributed by atoms with Gasteiger partial charge in [-0.25, -0.2) is 4.39 Å². The Morgan fingerprint density at radius 3 is 2.78 bits per heavy atom. The Labute approximate surface area is 103 Å². The lowest BCUT2D eigenvalue weighted by atomic mass is 10.1. The molecule has 0 saturated heterocycles. The molecule has 98 valence electrons. The number of nitro groups is 1. The van der Waals surface area contributed by atoms with E-state index in [-0.39, 0.29) is 29.6 Å². The average Bonchev–Trinajstić information content (AvgIpc) is 2.31. The normalized spacial score (nSPS) is 11.9. The van der Waals surface area contributed by atoms with Crippen LogP contribution in [0.3, 0.4) is 0 Å². The second kappa shape index (κ2) is 6.06. The predicted molar refractivity (Wildman–Crippen MR) is 64.5 cm³/mol. The molecular weight excluding hydrogens is 241 g/mol. The summed E-state index contributed by atoms with van der Waals surface area (Å²) >= 11 is 0. The predicted octanol–water partition coefficient (Wildman–Crippen LogP) is 1.66. The summed E-state index contributed by atoms with van der Waals surface area (Å²) in [6.45, 7) is 2.15. The van der Waals surface area contributed by atoms with Crippen LogP contribution in [-0.2, 0) is 4.79 Å². The summed E-state index contributed by atoms with van der Waals surface area (Å²) in [5, 5.41) is 12.8. The molecule has 0 aromatic heterocycles. The quantitative estimate of drug-likeness (QED) is 0.617. The molecule has 7 heteroatoms. The number of nitrogens with zero attached hydrogens (tertiary/aromatic N) is 1. The van der Waals surface area contributed by atoms with E-state index in [0.717, 1.165) is 12.1 Å². The van der Waals surface area contributed by atoms with Gasteiger partial charge in [-0.3, -0.25) is 14.9 Å². The van der Waals surface area contributed by atoms with Crippen LogP contribution in [0.1, 0.15) is 13.3 Å². The number of non-ortho nitro benzene ring substituents is 1. The van der Waals surface area contributed by atoms with E-state index in [1.165, 1.54) is 6.07 Å². The second-order valence-electron chi connectivity index (χ2n) is 4.01. The average molecular weight is 255 g/mol. The smallest absolute Gasteiger partial charge is 0.272 e. The van der Waals surface area contributed by atoms with E-state index in [1.54, 1.807) is 6.92 Å². The monoisotopic (exact) mass is 255 g/mol. The maximum absolute atomic E-state index is 13.4. The van der Waals surface area contributed by atoms with E-state index in [2.05, 4.69) is 5.32 Å². The van der Waals surface area contributed by atoms with Gasteiger partial charge < -0.3 is 11.1 Å². The molecule has 1 rings (SSSR count). The van der Waals surface area contributed by atoms with Gasteiger partial charge in [0.05, 0.1) is 16.7 Å². The third-order valence-corrected chi connectivity index (χ3v) is 2.37. The summed E-state index contributed by atoms with van der Waals surface area (Å²) < 4.78 is 13.4. The molecule has 18 heavy (non-hydrogen) atoms. The minimum atomic E-state index is -0.835. The van der Waals surface area contributed by atoms with E-state index in [9.17, 15) is 19.3 Å². The summed E-state index contributed by atoms with van der Waals surface area (Å²) in [5.41, 5.74) is 4.93. The minimum Gasteiger partial charge on any atom is -0.330 e. The molecule has 6 nitrogen and oxygen atoms in total. The van der Waals surface area contributed by atoms with Crippen molar-refractivity contribution in [2.45, 2.75) is 13.3 Å². The van der Waals surface area contributed by atoms with Crippen LogP contribution in [0.4, 0.5) is 15.8 Å². The van der Waals surface area contributed by atoms with Gasteiger partial charge in [-0.15, -0.1) is 0 Å². The molecule has 0 aliphatic rings. The topological polar surface area (TPSA) is 98.3 Å². The molecule has 0 fully saturated rings. The number of hydrogen-bond acceptors (Lipinski definition) is 4. The van der Waals surface area contributed by atoms with Gasteiger partial charge in [-0.2, -0.15) is 0 Å². The highest BCUT2D eigenvalue weighted by molar-refractivity contribution is 5.91. The standard InChI is InChI=1S/C11H14FN3O3/c1-7(6-13)4-11(16)14-10-3-2-8(15(17)18)5-9(10)12/h2-3,5,7H,4,6,13H2,1H3,(H,14,16). The first kappa shape index (κ1) is 14.0. The largest absolute Gasteiger partial charge is 0.330 e. The zero-order chi connectivity index (χ0) is 13.7.